The van der Waals surface area contributed by atoms with Gasteiger partial charge in [-0.3, -0.25) is 4.79 Å². The molecule has 3 aromatic heterocycles. The predicted octanol–water partition coefficient (Wildman–Crippen LogP) is 1.68. The number of nitrogens with one attached hydrogen (secondary N) is 1. The molecule has 11 nitrogen and oxygen atoms in total. The molecule has 1 amide bonds. The van der Waals surface area contributed by atoms with Gasteiger partial charge in [-0.1, -0.05) is 19.3 Å². The summed E-state index contributed by atoms with van der Waals surface area (Å²) in [6.45, 7) is 0. The highest BCUT2D eigenvalue weighted by Gasteiger charge is 2.46. The zero-order chi connectivity index (χ0) is 22.5. The first-order valence-corrected chi connectivity index (χ1v) is 11.8. The summed E-state index contributed by atoms with van der Waals surface area (Å²) in [6.07, 6.45) is 8.98. The number of carbonyl (C=O) groups is 1. The number of amides is 1. The lowest BCUT2D eigenvalue weighted by Gasteiger charge is -2.38. The van der Waals surface area contributed by atoms with E-state index in [9.17, 15) is 13.2 Å². The number of nitrogens with two attached hydrogens (primary N) is 1. The van der Waals surface area contributed by atoms with E-state index in [4.69, 9.17) is 10.1 Å². The third-order valence-electron chi connectivity index (χ3n) is 6.04. The van der Waals surface area contributed by atoms with Crippen molar-refractivity contribution in [2.24, 2.45) is 10.2 Å². The summed E-state index contributed by atoms with van der Waals surface area (Å²) in [7, 11) is -2.14. The van der Waals surface area contributed by atoms with Crippen molar-refractivity contribution in [3.63, 3.8) is 0 Å². The van der Waals surface area contributed by atoms with Gasteiger partial charge in [0.25, 0.3) is 5.91 Å². The van der Waals surface area contributed by atoms with Crippen LogP contribution in [0.1, 0.15) is 37.8 Å². The molecule has 1 spiro atoms. The molecule has 4 heterocycles. The number of pyridine rings is 1. The van der Waals surface area contributed by atoms with E-state index in [1.54, 1.807) is 19.5 Å². The van der Waals surface area contributed by atoms with Gasteiger partial charge in [-0.25, -0.2) is 28.5 Å². The minimum Gasteiger partial charge on any atom is -0.309 e. The molecule has 0 radical (unpaired) electrons. The van der Waals surface area contributed by atoms with Crippen molar-refractivity contribution >= 4 is 44.9 Å². The van der Waals surface area contributed by atoms with Crippen molar-refractivity contribution in [3.8, 4) is 0 Å². The Bertz CT molecular complexity index is 1340. The van der Waals surface area contributed by atoms with E-state index >= 15 is 0 Å². The molecular weight excluding hydrogens is 432 g/mol. The Morgan fingerprint density at radius 1 is 1.12 bits per heavy atom. The van der Waals surface area contributed by atoms with E-state index in [0.29, 0.717) is 11.5 Å². The van der Waals surface area contributed by atoms with Gasteiger partial charge in [-0.15, -0.1) is 0 Å². The highest BCUT2D eigenvalue weighted by atomic mass is 32.2. The second-order valence-corrected chi connectivity index (χ2v) is 9.65. The highest BCUT2D eigenvalue weighted by molar-refractivity contribution is 7.89. The number of sulfonamides is 1. The Morgan fingerprint density at radius 3 is 2.59 bits per heavy atom. The third kappa shape index (κ3) is 3.31. The van der Waals surface area contributed by atoms with Crippen LogP contribution in [0.3, 0.4) is 0 Å². The lowest BCUT2D eigenvalue weighted by Crippen LogP contribution is -2.48. The quantitative estimate of drug-likeness (QED) is 0.611. The van der Waals surface area contributed by atoms with Crippen LogP contribution < -0.4 is 10.5 Å². The zero-order valence-electron chi connectivity index (χ0n) is 17.4. The molecule has 166 valence electrons. The standard InChI is InChI=1S/C20H22N8O3S/c1-27-18(29)20(7-3-2-4-8-20)28-14(11-24-27)9-13-10-23-19(26-17(13)28)25-16-6-5-15(12-22-16)32(21,30)31/h5-6,9-12H,2-4,7-8H2,1H3,(H2,21,30,31)(H,22,23,25,26). The Balaban J connectivity index is 1.58. The second kappa shape index (κ2) is 7.35. The molecule has 0 atom stereocenters. The molecular formula is C20H22N8O3S. The largest absolute Gasteiger partial charge is 0.309 e. The molecule has 5 rings (SSSR count). The summed E-state index contributed by atoms with van der Waals surface area (Å²) < 4.78 is 24.9. The number of hydrogen-bond acceptors (Lipinski definition) is 8. The summed E-state index contributed by atoms with van der Waals surface area (Å²) in [5.74, 6) is 0.601. The number of hydrazone groups is 1. The molecule has 3 N–H and O–H groups in total. The molecule has 1 saturated carbocycles. The Morgan fingerprint density at radius 2 is 1.91 bits per heavy atom. The molecule has 1 aliphatic carbocycles. The highest BCUT2D eigenvalue weighted by Crippen LogP contribution is 2.41. The van der Waals surface area contributed by atoms with E-state index in [-0.39, 0.29) is 16.8 Å². The van der Waals surface area contributed by atoms with Crippen LogP contribution in [0, 0.1) is 0 Å². The Kier molecular flexibility index (Phi) is 4.71. The first-order chi connectivity index (χ1) is 15.3. The fourth-order valence-corrected chi connectivity index (χ4v) is 4.98. The van der Waals surface area contributed by atoms with Gasteiger partial charge in [0.1, 0.15) is 21.9 Å². The Labute approximate surface area is 184 Å². The lowest BCUT2D eigenvalue weighted by atomic mass is 9.80. The van der Waals surface area contributed by atoms with Crippen LogP contribution in [0.2, 0.25) is 0 Å². The topological polar surface area (TPSA) is 148 Å². The smallest absolute Gasteiger partial charge is 0.268 e. The fourth-order valence-electron chi connectivity index (χ4n) is 4.52. The molecule has 32 heavy (non-hydrogen) atoms. The van der Waals surface area contributed by atoms with Crippen molar-refractivity contribution in [2.75, 3.05) is 12.4 Å². The molecule has 0 saturated heterocycles. The number of hydrogen-bond donors (Lipinski definition) is 2. The van der Waals surface area contributed by atoms with Crippen LogP contribution in [0.4, 0.5) is 11.8 Å². The van der Waals surface area contributed by atoms with Crippen LogP contribution in [0.15, 0.2) is 40.6 Å². The van der Waals surface area contributed by atoms with Crippen molar-refractivity contribution < 1.29 is 13.2 Å². The van der Waals surface area contributed by atoms with Gasteiger partial charge in [0.2, 0.25) is 16.0 Å². The van der Waals surface area contributed by atoms with Crippen LogP contribution in [-0.4, -0.2) is 52.1 Å². The van der Waals surface area contributed by atoms with Crippen molar-refractivity contribution in [1.82, 2.24) is 24.5 Å². The van der Waals surface area contributed by atoms with E-state index in [0.717, 1.165) is 43.2 Å². The molecule has 1 fully saturated rings. The number of rotatable bonds is 3. The molecule has 0 unspecified atom stereocenters. The predicted molar refractivity (Wildman–Crippen MR) is 118 cm³/mol. The number of likely N-dealkylation sites (N-methyl/N-ethyl adjacent to an activating group) is 1. The van der Waals surface area contributed by atoms with Crippen LogP contribution >= 0.6 is 0 Å². The van der Waals surface area contributed by atoms with E-state index in [2.05, 4.69) is 20.4 Å². The van der Waals surface area contributed by atoms with E-state index in [1.165, 1.54) is 23.3 Å². The summed E-state index contributed by atoms with van der Waals surface area (Å²) in [6, 6.07) is 4.78. The van der Waals surface area contributed by atoms with Gasteiger partial charge in [-0.05, 0) is 31.0 Å². The van der Waals surface area contributed by atoms with Crippen LogP contribution in [0.25, 0.3) is 11.0 Å². The summed E-state index contributed by atoms with van der Waals surface area (Å²) in [5, 5.41) is 14.6. The average molecular weight is 455 g/mol. The zero-order valence-corrected chi connectivity index (χ0v) is 18.2. The number of aromatic nitrogens is 4. The normalized spacial score (nSPS) is 18.1. The molecule has 1 aliphatic heterocycles. The third-order valence-corrected chi connectivity index (χ3v) is 6.94. The number of fused-ring (bicyclic) bond motifs is 4. The number of nitrogens with zero attached hydrogens (tertiary/aromatic N) is 6. The SMILES string of the molecule is CN1N=Cc2cc3cnc(Nc4ccc(S(N)(=O)=O)cn4)nc3n2C2(CCCCC2)C1=O. The number of primary sulfonamides is 1. The molecule has 0 bridgehead atoms. The van der Waals surface area contributed by atoms with Crippen LogP contribution in [-0.2, 0) is 20.4 Å². The maximum absolute atomic E-state index is 13.4. The average Bonchev–Trinajstić information content (AvgIpc) is 3.11. The summed E-state index contributed by atoms with van der Waals surface area (Å²) in [4.78, 5) is 26.4. The van der Waals surface area contributed by atoms with Crippen LogP contribution in [0.5, 0.6) is 0 Å². The molecule has 0 aromatic carbocycles. The minimum atomic E-state index is -3.83. The van der Waals surface area contributed by atoms with Gasteiger partial charge < -0.3 is 9.88 Å². The monoisotopic (exact) mass is 454 g/mol. The first-order valence-electron chi connectivity index (χ1n) is 10.2. The summed E-state index contributed by atoms with van der Waals surface area (Å²) >= 11 is 0. The minimum absolute atomic E-state index is 0.0435. The second-order valence-electron chi connectivity index (χ2n) is 8.09. The lowest BCUT2D eigenvalue weighted by molar-refractivity contribution is -0.141. The van der Waals surface area contributed by atoms with Gasteiger partial charge >= 0.3 is 0 Å². The van der Waals surface area contributed by atoms with E-state index < -0.39 is 15.6 Å². The molecule has 12 heteroatoms. The fraction of sp³-hybridized carbons (Fsp3) is 0.350. The number of carbonyl (C=O) groups excluding carboxylic acids is 1. The van der Waals surface area contributed by atoms with Gasteiger partial charge in [-0.2, -0.15) is 10.1 Å². The van der Waals surface area contributed by atoms with Crippen molar-refractivity contribution in [1.29, 1.82) is 0 Å². The van der Waals surface area contributed by atoms with Crippen molar-refractivity contribution in [2.45, 2.75) is 42.5 Å². The van der Waals surface area contributed by atoms with Crippen molar-refractivity contribution in [3.05, 3.63) is 36.3 Å². The van der Waals surface area contributed by atoms with Gasteiger partial charge in [0, 0.05) is 24.8 Å². The maximum atomic E-state index is 13.4. The molecule has 2 aliphatic rings. The van der Waals surface area contributed by atoms with Gasteiger partial charge in [0.05, 0.1) is 11.9 Å². The maximum Gasteiger partial charge on any atom is 0.268 e. The Hall–Kier alpha value is -3.38. The first kappa shape index (κ1) is 20.5. The molecule has 3 aromatic rings. The van der Waals surface area contributed by atoms with Gasteiger partial charge in [0.15, 0.2) is 0 Å². The number of anilines is 2. The van der Waals surface area contributed by atoms with E-state index in [1.807, 2.05) is 10.6 Å². The summed E-state index contributed by atoms with van der Waals surface area (Å²) in [5.41, 5.74) is 0.707.